The largest absolute Gasteiger partial charge is 0.492 e. The number of benzene rings is 2. The number of halogens is 1. The highest BCUT2D eigenvalue weighted by Crippen LogP contribution is 2.33. The zero-order valence-corrected chi connectivity index (χ0v) is 12.1. The van der Waals surface area contributed by atoms with Crippen LogP contribution in [0.2, 0.25) is 0 Å². The van der Waals surface area contributed by atoms with Crippen LogP contribution in [0.5, 0.6) is 5.75 Å². The van der Waals surface area contributed by atoms with E-state index in [1.165, 1.54) is 12.1 Å². The molecule has 0 saturated heterocycles. The normalized spacial score (nSPS) is 10.7. The summed E-state index contributed by atoms with van der Waals surface area (Å²) >= 11 is 0. The first kappa shape index (κ1) is 14.3. The summed E-state index contributed by atoms with van der Waals surface area (Å²) in [5, 5.41) is 0.935. The molecular weight excluding hydrogens is 281 g/mol. The van der Waals surface area contributed by atoms with E-state index in [4.69, 9.17) is 10.6 Å². The molecule has 0 aliphatic heterocycles. The molecular formula is C17H16FN3O. The maximum Gasteiger partial charge on any atom is 0.148 e. The number of nitrogens with one attached hydrogen (secondary N) is 1. The number of pyridine rings is 1. The van der Waals surface area contributed by atoms with Crippen LogP contribution in [-0.4, -0.2) is 11.6 Å². The minimum Gasteiger partial charge on any atom is -0.492 e. The van der Waals surface area contributed by atoms with Gasteiger partial charge in [-0.05, 0) is 36.8 Å². The van der Waals surface area contributed by atoms with Crippen molar-refractivity contribution in [3.05, 3.63) is 54.3 Å². The number of nitrogens with zero attached hydrogens (tertiary/aromatic N) is 1. The first-order valence-corrected chi connectivity index (χ1v) is 7.02. The fourth-order valence-electron chi connectivity index (χ4n) is 2.40. The number of hydrogen-bond donors (Lipinski definition) is 2. The van der Waals surface area contributed by atoms with Gasteiger partial charge in [-0.25, -0.2) is 15.2 Å². The van der Waals surface area contributed by atoms with E-state index in [0.29, 0.717) is 18.2 Å². The van der Waals surface area contributed by atoms with Crippen LogP contribution in [0, 0.1) is 5.82 Å². The summed E-state index contributed by atoms with van der Waals surface area (Å²) in [6, 6.07) is 13.9. The van der Waals surface area contributed by atoms with Crippen LogP contribution in [0.1, 0.15) is 6.92 Å². The van der Waals surface area contributed by atoms with Crippen molar-refractivity contribution in [2.75, 3.05) is 12.0 Å². The molecule has 4 nitrogen and oxygen atoms in total. The Labute approximate surface area is 127 Å². The summed E-state index contributed by atoms with van der Waals surface area (Å²) in [6.45, 7) is 2.49. The molecule has 112 valence electrons. The Morgan fingerprint density at radius 2 is 1.95 bits per heavy atom. The molecule has 22 heavy (non-hydrogen) atoms. The maximum absolute atomic E-state index is 13.1. The number of nitrogens with two attached hydrogens (primary N) is 1. The lowest BCUT2D eigenvalue weighted by Gasteiger charge is -2.12. The molecule has 5 heteroatoms. The lowest BCUT2D eigenvalue weighted by Crippen LogP contribution is -2.10. The summed E-state index contributed by atoms with van der Waals surface area (Å²) in [5.41, 5.74) is 5.00. The SMILES string of the molecule is CCOc1cccc2cc(-c3ccc(F)cc3)c(NN)nc12. The van der Waals surface area contributed by atoms with Gasteiger partial charge in [0.15, 0.2) is 0 Å². The number of hydrogen-bond acceptors (Lipinski definition) is 4. The van der Waals surface area contributed by atoms with Crippen LogP contribution in [0.4, 0.5) is 10.2 Å². The van der Waals surface area contributed by atoms with Gasteiger partial charge < -0.3 is 10.2 Å². The van der Waals surface area contributed by atoms with E-state index in [9.17, 15) is 4.39 Å². The lowest BCUT2D eigenvalue weighted by molar-refractivity contribution is 0.343. The van der Waals surface area contributed by atoms with E-state index in [0.717, 1.165) is 22.0 Å². The molecule has 3 aromatic rings. The molecule has 0 spiro atoms. The fourth-order valence-corrected chi connectivity index (χ4v) is 2.40. The molecule has 2 aromatic carbocycles. The Balaban J connectivity index is 2.21. The van der Waals surface area contributed by atoms with Crippen LogP contribution in [-0.2, 0) is 0 Å². The van der Waals surface area contributed by atoms with Crippen molar-refractivity contribution in [3.63, 3.8) is 0 Å². The van der Waals surface area contributed by atoms with Gasteiger partial charge in [0.2, 0.25) is 0 Å². The summed E-state index contributed by atoms with van der Waals surface area (Å²) in [4.78, 5) is 4.56. The Kier molecular flexibility index (Phi) is 3.89. The second-order valence-corrected chi connectivity index (χ2v) is 4.80. The highest BCUT2D eigenvalue weighted by molar-refractivity contribution is 5.92. The zero-order chi connectivity index (χ0) is 15.5. The fraction of sp³-hybridized carbons (Fsp3) is 0.118. The molecule has 1 heterocycles. The molecule has 1 aromatic heterocycles. The monoisotopic (exact) mass is 297 g/mol. The molecule has 0 radical (unpaired) electrons. The van der Waals surface area contributed by atoms with Gasteiger partial charge in [0.1, 0.15) is 22.9 Å². The predicted octanol–water partition coefficient (Wildman–Crippen LogP) is 3.73. The highest BCUT2D eigenvalue weighted by Gasteiger charge is 2.11. The topological polar surface area (TPSA) is 60.2 Å². The highest BCUT2D eigenvalue weighted by atomic mass is 19.1. The smallest absolute Gasteiger partial charge is 0.148 e. The van der Waals surface area contributed by atoms with Gasteiger partial charge in [-0.2, -0.15) is 0 Å². The summed E-state index contributed by atoms with van der Waals surface area (Å²) < 4.78 is 18.7. The molecule has 0 bridgehead atoms. The molecule has 3 rings (SSSR count). The second kappa shape index (κ2) is 5.99. The molecule has 0 aliphatic carbocycles. The number of ether oxygens (including phenoxy) is 1. The molecule has 0 saturated carbocycles. The number of para-hydroxylation sites is 1. The van der Waals surface area contributed by atoms with Crippen molar-refractivity contribution in [2.24, 2.45) is 5.84 Å². The van der Waals surface area contributed by atoms with Gasteiger partial charge in [0, 0.05) is 10.9 Å². The zero-order valence-electron chi connectivity index (χ0n) is 12.1. The Bertz CT molecular complexity index is 803. The van der Waals surface area contributed by atoms with Gasteiger partial charge in [-0.3, -0.25) is 0 Å². The maximum atomic E-state index is 13.1. The lowest BCUT2D eigenvalue weighted by atomic mass is 10.0. The number of rotatable bonds is 4. The summed E-state index contributed by atoms with van der Waals surface area (Å²) in [7, 11) is 0. The molecule has 0 atom stereocenters. The number of anilines is 1. The van der Waals surface area contributed by atoms with Gasteiger partial charge in [-0.15, -0.1) is 0 Å². The van der Waals surface area contributed by atoms with E-state index in [1.807, 2.05) is 31.2 Å². The number of nitrogen functional groups attached to an aromatic ring is 1. The summed E-state index contributed by atoms with van der Waals surface area (Å²) in [6.07, 6.45) is 0. The van der Waals surface area contributed by atoms with Gasteiger partial charge in [-0.1, -0.05) is 24.3 Å². The van der Waals surface area contributed by atoms with Crippen molar-refractivity contribution in [1.82, 2.24) is 4.98 Å². The standard InChI is InChI=1S/C17H16FN3O/c1-2-22-15-5-3-4-12-10-14(17(21-19)20-16(12)15)11-6-8-13(18)9-7-11/h3-10H,2,19H2,1H3,(H,20,21). The van der Waals surface area contributed by atoms with Gasteiger partial charge in [0.25, 0.3) is 0 Å². The number of hydrazine groups is 1. The van der Waals surface area contributed by atoms with E-state index in [1.54, 1.807) is 12.1 Å². The van der Waals surface area contributed by atoms with Crippen molar-refractivity contribution in [3.8, 4) is 16.9 Å². The van der Waals surface area contributed by atoms with E-state index < -0.39 is 0 Å². The van der Waals surface area contributed by atoms with E-state index in [2.05, 4.69) is 10.4 Å². The molecule has 0 unspecified atom stereocenters. The predicted molar refractivity (Wildman–Crippen MR) is 86.1 cm³/mol. The Morgan fingerprint density at radius 3 is 2.64 bits per heavy atom. The van der Waals surface area contributed by atoms with Crippen LogP contribution >= 0.6 is 0 Å². The van der Waals surface area contributed by atoms with Crippen LogP contribution in [0.3, 0.4) is 0 Å². The van der Waals surface area contributed by atoms with Crippen LogP contribution in [0.15, 0.2) is 48.5 Å². The molecule has 0 aliphatic rings. The molecule has 0 amide bonds. The van der Waals surface area contributed by atoms with E-state index in [-0.39, 0.29) is 5.82 Å². The molecule has 3 N–H and O–H groups in total. The van der Waals surface area contributed by atoms with Gasteiger partial charge >= 0.3 is 0 Å². The number of fused-ring (bicyclic) bond motifs is 1. The minimum absolute atomic E-state index is 0.279. The number of aromatic nitrogens is 1. The average Bonchev–Trinajstić information content (AvgIpc) is 2.55. The third-order valence-electron chi connectivity index (χ3n) is 3.40. The third kappa shape index (κ3) is 2.58. The summed E-state index contributed by atoms with van der Waals surface area (Å²) in [5.74, 6) is 6.56. The Morgan fingerprint density at radius 1 is 1.18 bits per heavy atom. The van der Waals surface area contributed by atoms with Crippen molar-refractivity contribution >= 4 is 16.7 Å². The average molecular weight is 297 g/mol. The minimum atomic E-state index is -0.279. The van der Waals surface area contributed by atoms with Gasteiger partial charge in [0.05, 0.1) is 6.61 Å². The van der Waals surface area contributed by atoms with Crippen LogP contribution < -0.4 is 16.0 Å². The molecule has 0 fully saturated rings. The Hall–Kier alpha value is -2.66. The van der Waals surface area contributed by atoms with Crippen molar-refractivity contribution in [1.29, 1.82) is 0 Å². The second-order valence-electron chi connectivity index (χ2n) is 4.80. The quantitative estimate of drug-likeness (QED) is 0.569. The van der Waals surface area contributed by atoms with E-state index >= 15 is 0 Å². The third-order valence-corrected chi connectivity index (χ3v) is 3.40. The van der Waals surface area contributed by atoms with Crippen molar-refractivity contribution < 1.29 is 9.13 Å². The first-order valence-electron chi connectivity index (χ1n) is 7.02. The van der Waals surface area contributed by atoms with Crippen molar-refractivity contribution in [2.45, 2.75) is 6.92 Å². The van der Waals surface area contributed by atoms with Crippen LogP contribution in [0.25, 0.3) is 22.0 Å². The first-order chi connectivity index (χ1) is 10.7.